The maximum absolute atomic E-state index is 5.76. The van der Waals surface area contributed by atoms with E-state index in [-0.39, 0.29) is 24.0 Å². The summed E-state index contributed by atoms with van der Waals surface area (Å²) in [4.78, 5) is 4.68. The lowest BCUT2D eigenvalue weighted by molar-refractivity contribution is 0.297. The van der Waals surface area contributed by atoms with E-state index in [9.17, 15) is 0 Å². The fraction of sp³-hybridized carbons (Fsp3) is 0.381. The summed E-state index contributed by atoms with van der Waals surface area (Å²) in [6, 6.07) is 13.8. The number of hydrogen-bond donors (Lipinski definition) is 2. The molecule has 0 aromatic heterocycles. The predicted octanol–water partition coefficient (Wildman–Crippen LogP) is 4.44. The molecule has 2 aromatic carbocycles. The average molecular weight is 497 g/mol. The Kier molecular flexibility index (Phi) is 9.19. The van der Waals surface area contributed by atoms with E-state index in [1.54, 1.807) is 0 Å². The van der Waals surface area contributed by atoms with Crippen LogP contribution in [-0.4, -0.2) is 32.3 Å². The van der Waals surface area contributed by atoms with Gasteiger partial charge < -0.3 is 24.8 Å². The van der Waals surface area contributed by atoms with Crippen LogP contribution in [0.1, 0.15) is 25.8 Å². The lowest BCUT2D eigenvalue weighted by Gasteiger charge is -2.14. The average Bonchev–Trinajstić information content (AvgIpc) is 2.92. The number of ether oxygens (including phenoxy) is 3. The van der Waals surface area contributed by atoms with E-state index in [0.717, 1.165) is 41.5 Å². The summed E-state index contributed by atoms with van der Waals surface area (Å²) in [6.45, 7) is 7.36. The van der Waals surface area contributed by atoms with Crippen molar-refractivity contribution in [2.45, 2.75) is 26.8 Å². The third kappa shape index (κ3) is 6.47. The van der Waals surface area contributed by atoms with E-state index in [0.29, 0.717) is 32.3 Å². The Balaban J connectivity index is 0.00000280. The van der Waals surface area contributed by atoms with Gasteiger partial charge >= 0.3 is 0 Å². The van der Waals surface area contributed by atoms with Crippen molar-refractivity contribution >= 4 is 35.6 Å². The van der Waals surface area contributed by atoms with Gasteiger partial charge in [-0.3, -0.25) is 0 Å². The van der Waals surface area contributed by atoms with Crippen LogP contribution >= 0.6 is 24.0 Å². The number of anilines is 1. The molecular weight excluding hydrogens is 469 g/mol. The van der Waals surface area contributed by atoms with Crippen LogP contribution in [-0.2, 0) is 6.54 Å². The van der Waals surface area contributed by atoms with E-state index >= 15 is 0 Å². The van der Waals surface area contributed by atoms with Crippen molar-refractivity contribution in [3.63, 3.8) is 0 Å². The Bertz CT molecular complexity index is 783. The molecule has 7 heteroatoms. The molecular formula is C21H28IN3O3. The number of nitrogens with one attached hydrogen (secondary N) is 2. The minimum Gasteiger partial charge on any atom is -0.494 e. The van der Waals surface area contributed by atoms with Crippen molar-refractivity contribution in [2.24, 2.45) is 4.99 Å². The molecule has 0 amide bonds. The number of benzene rings is 2. The molecule has 0 unspecified atom stereocenters. The van der Waals surface area contributed by atoms with Gasteiger partial charge in [0.25, 0.3) is 0 Å². The highest BCUT2D eigenvalue weighted by atomic mass is 127. The molecule has 1 aliphatic heterocycles. The van der Waals surface area contributed by atoms with Crippen molar-refractivity contribution < 1.29 is 14.2 Å². The smallest absolute Gasteiger partial charge is 0.196 e. The Hall–Kier alpha value is -2.16. The number of guanidine groups is 1. The molecule has 0 atom stereocenters. The lowest BCUT2D eigenvalue weighted by atomic mass is 10.2. The van der Waals surface area contributed by atoms with Crippen LogP contribution in [0.15, 0.2) is 47.5 Å². The Morgan fingerprint density at radius 3 is 2.68 bits per heavy atom. The molecule has 0 saturated heterocycles. The molecule has 0 bridgehead atoms. The lowest BCUT2D eigenvalue weighted by Crippen LogP contribution is -2.30. The van der Waals surface area contributed by atoms with Gasteiger partial charge in [0, 0.05) is 24.7 Å². The third-order valence-corrected chi connectivity index (χ3v) is 3.98. The van der Waals surface area contributed by atoms with Crippen molar-refractivity contribution in [2.75, 3.05) is 31.7 Å². The van der Waals surface area contributed by atoms with Gasteiger partial charge in [0.05, 0.1) is 26.4 Å². The van der Waals surface area contributed by atoms with Gasteiger partial charge in [0.2, 0.25) is 0 Å². The second-order valence-corrected chi connectivity index (χ2v) is 6.11. The monoisotopic (exact) mass is 497 g/mol. The zero-order valence-corrected chi connectivity index (χ0v) is 18.7. The van der Waals surface area contributed by atoms with Gasteiger partial charge in [-0.2, -0.15) is 0 Å². The fourth-order valence-corrected chi connectivity index (χ4v) is 2.76. The summed E-state index contributed by atoms with van der Waals surface area (Å²) in [5, 5.41) is 6.60. The number of halogens is 1. The summed E-state index contributed by atoms with van der Waals surface area (Å²) < 4.78 is 17.0. The van der Waals surface area contributed by atoms with Crippen LogP contribution < -0.4 is 24.8 Å². The highest BCUT2D eigenvalue weighted by molar-refractivity contribution is 14.0. The van der Waals surface area contributed by atoms with E-state index < -0.39 is 0 Å². The highest BCUT2D eigenvalue weighted by Crippen LogP contribution is 2.32. The molecule has 1 heterocycles. The number of rotatable bonds is 6. The zero-order valence-electron chi connectivity index (χ0n) is 16.4. The van der Waals surface area contributed by atoms with Gasteiger partial charge in [0.15, 0.2) is 17.5 Å². The number of hydrogen-bond acceptors (Lipinski definition) is 4. The molecule has 0 saturated carbocycles. The fourth-order valence-electron chi connectivity index (χ4n) is 2.76. The summed E-state index contributed by atoms with van der Waals surface area (Å²) in [5.41, 5.74) is 2.00. The molecule has 1 aliphatic rings. The molecule has 0 aliphatic carbocycles. The third-order valence-electron chi connectivity index (χ3n) is 3.98. The van der Waals surface area contributed by atoms with Gasteiger partial charge in [-0.15, -0.1) is 24.0 Å². The predicted molar refractivity (Wildman–Crippen MR) is 124 cm³/mol. The van der Waals surface area contributed by atoms with Crippen LogP contribution in [0.3, 0.4) is 0 Å². The molecule has 28 heavy (non-hydrogen) atoms. The van der Waals surface area contributed by atoms with Crippen LogP contribution in [0.2, 0.25) is 0 Å². The first kappa shape index (κ1) is 22.1. The summed E-state index contributed by atoms with van der Waals surface area (Å²) in [7, 11) is 0. The Labute approximate surface area is 183 Å². The first-order valence-electron chi connectivity index (χ1n) is 9.45. The van der Waals surface area contributed by atoms with Crippen molar-refractivity contribution in [3.05, 3.63) is 48.0 Å². The van der Waals surface area contributed by atoms with Gasteiger partial charge in [-0.1, -0.05) is 12.1 Å². The van der Waals surface area contributed by atoms with Crippen LogP contribution in [0.25, 0.3) is 0 Å². The number of fused-ring (bicyclic) bond motifs is 1. The van der Waals surface area contributed by atoms with E-state index in [1.807, 2.05) is 56.3 Å². The summed E-state index contributed by atoms with van der Waals surface area (Å²) in [5.74, 6) is 3.13. The molecule has 2 N–H and O–H groups in total. The maximum Gasteiger partial charge on any atom is 0.196 e. The minimum atomic E-state index is 0. The largest absolute Gasteiger partial charge is 0.494 e. The molecule has 0 spiro atoms. The maximum atomic E-state index is 5.76. The first-order chi connectivity index (χ1) is 13.3. The SMILES string of the molecule is CCNC(=NCc1cccc(OCC)c1)Nc1ccc2c(c1)OCCCO2.I. The molecule has 0 fully saturated rings. The van der Waals surface area contributed by atoms with Crippen LogP contribution in [0.5, 0.6) is 17.2 Å². The van der Waals surface area contributed by atoms with Crippen LogP contribution in [0.4, 0.5) is 5.69 Å². The Morgan fingerprint density at radius 1 is 1.07 bits per heavy atom. The summed E-state index contributed by atoms with van der Waals surface area (Å²) in [6.07, 6.45) is 0.891. The normalized spacial score (nSPS) is 13.1. The second kappa shape index (κ2) is 11.6. The zero-order chi connectivity index (χ0) is 18.9. The number of nitrogens with zero attached hydrogens (tertiary/aromatic N) is 1. The van der Waals surface area contributed by atoms with Gasteiger partial charge in [-0.05, 0) is 43.7 Å². The van der Waals surface area contributed by atoms with Crippen LogP contribution in [0, 0.1) is 0 Å². The summed E-state index contributed by atoms with van der Waals surface area (Å²) >= 11 is 0. The Morgan fingerprint density at radius 2 is 1.89 bits per heavy atom. The highest BCUT2D eigenvalue weighted by Gasteiger charge is 2.11. The molecule has 3 rings (SSSR count). The minimum absolute atomic E-state index is 0. The molecule has 2 aromatic rings. The van der Waals surface area contributed by atoms with Crippen molar-refractivity contribution in [3.8, 4) is 17.2 Å². The molecule has 152 valence electrons. The quantitative estimate of drug-likeness (QED) is 0.351. The van der Waals surface area contributed by atoms with Gasteiger partial charge in [-0.25, -0.2) is 4.99 Å². The van der Waals surface area contributed by atoms with E-state index in [1.165, 1.54) is 0 Å². The second-order valence-electron chi connectivity index (χ2n) is 6.11. The topological polar surface area (TPSA) is 64.1 Å². The number of aliphatic imine (C=N–C) groups is 1. The van der Waals surface area contributed by atoms with E-state index in [2.05, 4.69) is 15.6 Å². The molecule has 6 nitrogen and oxygen atoms in total. The van der Waals surface area contributed by atoms with Crippen molar-refractivity contribution in [1.82, 2.24) is 5.32 Å². The standard InChI is InChI=1S/C21H27N3O3.HI/c1-3-22-21(23-15-16-7-5-8-18(13-16)25-4-2)24-17-9-10-19-20(14-17)27-12-6-11-26-19;/h5,7-10,13-14H,3-4,6,11-12,15H2,1-2H3,(H2,22,23,24);1H. The first-order valence-corrected chi connectivity index (χ1v) is 9.45. The van der Waals surface area contributed by atoms with E-state index in [4.69, 9.17) is 14.2 Å². The molecule has 0 radical (unpaired) electrons. The van der Waals surface area contributed by atoms with Gasteiger partial charge in [0.1, 0.15) is 5.75 Å². The van der Waals surface area contributed by atoms with Crippen molar-refractivity contribution in [1.29, 1.82) is 0 Å².